The zero-order valence-electron chi connectivity index (χ0n) is 5.93. The molecule has 0 amide bonds. The molecule has 0 saturated heterocycles. The smallest absolute Gasteiger partial charge is 0.123 e. The predicted octanol–water partition coefficient (Wildman–Crippen LogP) is 1.89. The topological polar surface area (TPSA) is 26.0 Å². The summed E-state index contributed by atoms with van der Waals surface area (Å²) in [7, 11) is 0. The zero-order chi connectivity index (χ0) is 8.27. The second-order valence-electron chi connectivity index (χ2n) is 2.35. The second-order valence-corrected chi connectivity index (χ2v) is 2.91. The molecule has 0 aliphatic heterocycles. The van der Waals surface area contributed by atoms with Crippen LogP contribution in [0.1, 0.15) is 5.56 Å². The van der Waals surface area contributed by atoms with Crippen LogP contribution < -0.4 is 5.73 Å². The molecule has 0 aromatic heterocycles. The van der Waals surface area contributed by atoms with Crippen molar-refractivity contribution in [1.82, 2.24) is 0 Å². The predicted molar refractivity (Wildman–Crippen MR) is 43.9 cm³/mol. The Bertz CT molecular complexity index is 220. The van der Waals surface area contributed by atoms with Gasteiger partial charge in [0.15, 0.2) is 0 Å². The fourth-order valence-electron chi connectivity index (χ4n) is 0.846. The highest BCUT2D eigenvalue weighted by Crippen LogP contribution is 2.05. The van der Waals surface area contributed by atoms with Crippen LogP contribution >= 0.6 is 11.6 Å². The number of benzene rings is 1. The molecule has 3 heteroatoms. The molecule has 1 unspecified atom stereocenters. The highest BCUT2D eigenvalue weighted by atomic mass is 35.5. The molecule has 0 aliphatic rings. The summed E-state index contributed by atoms with van der Waals surface area (Å²) in [5.41, 5.74) is 5.90. The van der Waals surface area contributed by atoms with Gasteiger partial charge in [-0.1, -0.05) is 12.1 Å². The molecule has 0 saturated carbocycles. The molecule has 2 N–H and O–H groups in total. The molecule has 1 rings (SSSR count). The maximum absolute atomic E-state index is 12.4. The van der Waals surface area contributed by atoms with E-state index in [4.69, 9.17) is 17.3 Å². The molecule has 0 aliphatic carbocycles. The van der Waals surface area contributed by atoms with E-state index in [2.05, 4.69) is 0 Å². The Labute approximate surface area is 70.0 Å². The van der Waals surface area contributed by atoms with Gasteiger partial charge in [0.1, 0.15) is 5.82 Å². The van der Waals surface area contributed by atoms with Crippen LogP contribution in [0.15, 0.2) is 24.3 Å². The minimum absolute atomic E-state index is 0.239. The fraction of sp³-hybridized carbons (Fsp3) is 0.250. The molecule has 1 nitrogen and oxygen atoms in total. The van der Waals surface area contributed by atoms with Crippen LogP contribution in [-0.2, 0) is 6.42 Å². The minimum atomic E-state index is -0.388. The van der Waals surface area contributed by atoms with Crippen molar-refractivity contribution in [3.63, 3.8) is 0 Å². The van der Waals surface area contributed by atoms with Crippen LogP contribution in [0, 0.1) is 5.82 Å². The first kappa shape index (κ1) is 8.50. The van der Waals surface area contributed by atoms with Gasteiger partial charge in [0.2, 0.25) is 0 Å². The van der Waals surface area contributed by atoms with Gasteiger partial charge in [-0.25, -0.2) is 4.39 Å². The lowest BCUT2D eigenvalue weighted by Gasteiger charge is -2.01. The largest absolute Gasteiger partial charge is 0.315 e. The Morgan fingerprint density at radius 1 is 1.36 bits per heavy atom. The third-order valence-corrected chi connectivity index (χ3v) is 1.50. The Kier molecular flexibility index (Phi) is 2.85. The lowest BCUT2D eigenvalue weighted by molar-refractivity contribution is 0.627. The van der Waals surface area contributed by atoms with Crippen LogP contribution in [0.3, 0.4) is 0 Å². The fourth-order valence-corrected chi connectivity index (χ4v) is 1.02. The van der Waals surface area contributed by atoms with Gasteiger partial charge in [0.05, 0.1) is 5.50 Å². The first-order chi connectivity index (χ1) is 5.18. The summed E-state index contributed by atoms with van der Waals surface area (Å²) in [6, 6.07) is 6.15. The first-order valence-corrected chi connectivity index (χ1v) is 3.76. The van der Waals surface area contributed by atoms with E-state index in [0.717, 1.165) is 5.56 Å². The number of halogens is 2. The molecular weight excluding hydrogens is 165 g/mol. The normalized spacial score (nSPS) is 13.0. The summed E-state index contributed by atoms with van der Waals surface area (Å²) < 4.78 is 12.4. The molecule has 1 atom stereocenters. The Morgan fingerprint density at radius 2 is 1.91 bits per heavy atom. The highest BCUT2D eigenvalue weighted by Gasteiger charge is 1.98. The van der Waals surface area contributed by atoms with Crippen LogP contribution in [0.5, 0.6) is 0 Å². The average Bonchev–Trinajstić information content (AvgIpc) is 1.93. The SMILES string of the molecule is NC(Cl)Cc1ccc(F)cc1. The summed E-state index contributed by atoms with van der Waals surface area (Å²) in [5, 5.41) is 0. The second kappa shape index (κ2) is 3.69. The number of alkyl halides is 1. The molecule has 0 fully saturated rings. The van der Waals surface area contributed by atoms with Crippen molar-refractivity contribution in [2.24, 2.45) is 5.73 Å². The van der Waals surface area contributed by atoms with Gasteiger partial charge >= 0.3 is 0 Å². The van der Waals surface area contributed by atoms with Gasteiger partial charge in [0, 0.05) is 6.42 Å². The van der Waals surface area contributed by atoms with Gasteiger partial charge in [-0.3, -0.25) is 0 Å². The van der Waals surface area contributed by atoms with Crippen LogP contribution in [0.2, 0.25) is 0 Å². The van der Waals surface area contributed by atoms with Crippen molar-refractivity contribution in [3.8, 4) is 0 Å². The Morgan fingerprint density at radius 3 is 2.36 bits per heavy atom. The summed E-state index contributed by atoms with van der Waals surface area (Å²) in [6.45, 7) is 0. The Hall–Kier alpha value is -0.600. The highest BCUT2D eigenvalue weighted by molar-refractivity contribution is 6.20. The standard InChI is InChI=1S/C8H9ClFN/c9-8(11)5-6-1-3-7(10)4-2-6/h1-4,8H,5,11H2. The summed E-state index contributed by atoms with van der Waals surface area (Å²) in [4.78, 5) is 0. The van der Waals surface area contributed by atoms with Gasteiger partial charge < -0.3 is 5.73 Å². The van der Waals surface area contributed by atoms with E-state index in [1.54, 1.807) is 12.1 Å². The van der Waals surface area contributed by atoms with Gasteiger partial charge in [-0.15, -0.1) is 11.6 Å². The lowest BCUT2D eigenvalue weighted by atomic mass is 10.1. The monoisotopic (exact) mass is 173 g/mol. The molecular formula is C8H9ClFN. The quantitative estimate of drug-likeness (QED) is 0.537. The maximum Gasteiger partial charge on any atom is 0.123 e. The number of hydrogen-bond acceptors (Lipinski definition) is 1. The van der Waals surface area contributed by atoms with Gasteiger partial charge in [-0.2, -0.15) is 0 Å². The molecule has 0 bridgehead atoms. The van der Waals surface area contributed by atoms with Crippen molar-refractivity contribution in [1.29, 1.82) is 0 Å². The van der Waals surface area contributed by atoms with Crippen molar-refractivity contribution in [3.05, 3.63) is 35.6 Å². The molecule has 11 heavy (non-hydrogen) atoms. The summed E-state index contributed by atoms with van der Waals surface area (Å²) in [6.07, 6.45) is 0.571. The third kappa shape index (κ3) is 2.87. The van der Waals surface area contributed by atoms with E-state index in [1.165, 1.54) is 12.1 Å². The van der Waals surface area contributed by atoms with Gasteiger partial charge in [0.25, 0.3) is 0 Å². The van der Waals surface area contributed by atoms with E-state index >= 15 is 0 Å². The van der Waals surface area contributed by atoms with Crippen LogP contribution in [0.4, 0.5) is 4.39 Å². The number of nitrogens with two attached hydrogens (primary N) is 1. The van der Waals surface area contributed by atoms with E-state index in [-0.39, 0.29) is 11.3 Å². The van der Waals surface area contributed by atoms with E-state index < -0.39 is 0 Å². The molecule has 1 aromatic carbocycles. The zero-order valence-corrected chi connectivity index (χ0v) is 6.68. The van der Waals surface area contributed by atoms with Crippen molar-refractivity contribution >= 4 is 11.6 Å². The molecule has 0 radical (unpaired) electrons. The van der Waals surface area contributed by atoms with Crippen LogP contribution in [-0.4, -0.2) is 5.50 Å². The first-order valence-electron chi connectivity index (χ1n) is 3.32. The van der Waals surface area contributed by atoms with Crippen molar-refractivity contribution in [2.75, 3.05) is 0 Å². The van der Waals surface area contributed by atoms with E-state index in [9.17, 15) is 4.39 Å². The molecule has 60 valence electrons. The van der Waals surface area contributed by atoms with E-state index in [0.29, 0.717) is 6.42 Å². The molecule has 0 heterocycles. The molecule has 1 aromatic rings. The Balaban J connectivity index is 2.66. The van der Waals surface area contributed by atoms with Crippen molar-refractivity contribution in [2.45, 2.75) is 11.9 Å². The van der Waals surface area contributed by atoms with Gasteiger partial charge in [-0.05, 0) is 17.7 Å². The summed E-state index contributed by atoms with van der Waals surface area (Å²) >= 11 is 5.54. The average molecular weight is 174 g/mol. The van der Waals surface area contributed by atoms with Crippen molar-refractivity contribution < 1.29 is 4.39 Å². The third-order valence-electron chi connectivity index (χ3n) is 1.34. The lowest BCUT2D eigenvalue weighted by Crippen LogP contribution is -2.14. The number of rotatable bonds is 2. The maximum atomic E-state index is 12.4. The molecule has 0 spiro atoms. The van der Waals surface area contributed by atoms with Crippen LogP contribution in [0.25, 0.3) is 0 Å². The minimum Gasteiger partial charge on any atom is -0.315 e. The number of hydrogen-bond donors (Lipinski definition) is 1. The van der Waals surface area contributed by atoms with E-state index in [1.807, 2.05) is 0 Å². The summed E-state index contributed by atoms with van der Waals surface area (Å²) in [5.74, 6) is -0.239.